The monoisotopic (exact) mass is 338 g/mol. The summed E-state index contributed by atoms with van der Waals surface area (Å²) in [6.45, 7) is 0.507. The quantitative estimate of drug-likeness (QED) is 0.486. The molecule has 0 saturated heterocycles. The zero-order valence-electron chi connectivity index (χ0n) is 13.2. The second-order valence-electron chi connectivity index (χ2n) is 5.07. The van der Waals surface area contributed by atoms with Gasteiger partial charge in [-0.3, -0.25) is 5.41 Å². The second kappa shape index (κ2) is 7.61. The van der Waals surface area contributed by atoms with Gasteiger partial charge < -0.3 is 15.4 Å². The van der Waals surface area contributed by atoms with Gasteiger partial charge in [-0.25, -0.2) is 4.98 Å². The van der Waals surface area contributed by atoms with E-state index >= 15 is 0 Å². The van der Waals surface area contributed by atoms with Crippen molar-refractivity contribution in [1.29, 1.82) is 5.41 Å². The van der Waals surface area contributed by atoms with Crippen molar-refractivity contribution in [3.8, 4) is 17.0 Å². The fraction of sp³-hybridized carbons (Fsp3) is 0.111. The molecule has 3 aromatic rings. The van der Waals surface area contributed by atoms with Crippen molar-refractivity contribution in [2.75, 3.05) is 12.4 Å². The minimum absolute atomic E-state index is 0.204. The third-order valence-corrected chi connectivity index (χ3v) is 4.21. The van der Waals surface area contributed by atoms with Gasteiger partial charge in [0.1, 0.15) is 5.75 Å². The van der Waals surface area contributed by atoms with Gasteiger partial charge in [-0.05, 0) is 6.07 Å². The first-order valence-electron chi connectivity index (χ1n) is 7.48. The van der Waals surface area contributed by atoms with Gasteiger partial charge in [0.05, 0.1) is 12.8 Å². The number of hydrogen-bond acceptors (Lipinski definition) is 4. The first-order valence-corrected chi connectivity index (χ1v) is 8.36. The van der Waals surface area contributed by atoms with Gasteiger partial charge in [-0.2, -0.15) is 0 Å². The molecule has 0 aliphatic rings. The highest BCUT2D eigenvalue weighted by molar-refractivity contribution is 7.14. The van der Waals surface area contributed by atoms with E-state index in [4.69, 9.17) is 10.1 Å². The number of hydrogen-bond donors (Lipinski definition) is 3. The standard InChI is InChI=1S/C18H18N4OS/c1-23-16-10-6-5-9-14(16)11-20-17(19)22-18-21-15(12-24-18)13-7-3-2-4-8-13/h2-10,12H,11H2,1H3,(H3,19,20,21,22). The molecule has 3 rings (SSSR count). The van der Waals surface area contributed by atoms with Crippen molar-refractivity contribution in [1.82, 2.24) is 10.3 Å². The Kier molecular flexibility index (Phi) is 5.08. The van der Waals surface area contributed by atoms with Crippen molar-refractivity contribution < 1.29 is 4.74 Å². The van der Waals surface area contributed by atoms with Crippen LogP contribution in [0.25, 0.3) is 11.3 Å². The third kappa shape index (κ3) is 3.91. The molecular formula is C18H18N4OS. The molecule has 2 aromatic carbocycles. The smallest absolute Gasteiger partial charge is 0.195 e. The maximum atomic E-state index is 8.02. The number of benzene rings is 2. The van der Waals surface area contributed by atoms with Crippen LogP contribution in [0.3, 0.4) is 0 Å². The molecular weight excluding hydrogens is 320 g/mol. The lowest BCUT2D eigenvalue weighted by Gasteiger charge is -2.11. The third-order valence-electron chi connectivity index (χ3n) is 3.45. The van der Waals surface area contributed by atoms with Crippen molar-refractivity contribution in [3.63, 3.8) is 0 Å². The highest BCUT2D eigenvalue weighted by Gasteiger charge is 2.07. The second-order valence-corrected chi connectivity index (χ2v) is 5.93. The maximum Gasteiger partial charge on any atom is 0.195 e. The Balaban J connectivity index is 1.58. The summed E-state index contributed by atoms with van der Waals surface area (Å²) < 4.78 is 5.31. The molecule has 0 aliphatic heterocycles. The van der Waals surface area contributed by atoms with Crippen LogP contribution in [-0.2, 0) is 6.54 Å². The van der Waals surface area contributed by atoms with Gasteiger partial charge in [0, 0.05) is 23.1 Å². The van der Waals surface area contributed by atoms with E-state index in [1.54, 1.807) is 7.11 Å². The van der Waals surface area contributed by atoms with Crippen LogP contribution in [0.5, 0.6) is 5.75 Å². The van der Waals surface area contributed by atoms with Gasteiger partial charge in [-0.15, -0.1) is 11.3 Å². The van der Waals surface area contributed by atoms with E-state index < -0.39 is 0 Å². The van der Waals surface area contributed by atoms with E-state index in [2.05, 4.69) is 15.6 Å². The predicted octanol–water partition coefficient (Wildman–Crippen LogP) is 3.96. The zero-order valence-corrected chi connectivity index (χ0v) is 14.1. The summed E-state index contributed by atoms with van der Waals surface area (Å²) in [6.07, 6.45) is 0. The summed E-state index contributed by atoms with van der Waals surface area (Å²) in [5, 5.41) is 16.7. The average Bonchev–Trinajstić information content (AvgIpc) is 3.09. The van der Waals surface area contributed by atoms with Crippen LogP contribution in [0.2, 0.25) is 0 Å². The number of nitrogens with one attached hydrogen (secondary N) is 3. The van der Waals surface area contributed by atoms with E-state index in [1.165, 1.54) is 11.3 Å². The Morgan fingerprint density at radius 3 is 2.67 bits per heavy atom. The van der Waals surface area contributed by atoms with E-state index in [9.17, 15) is 0 Å². The fourth-order valence-corrected chi connectivity index (χ4v) is 2.98. The fourth-order valence-electron chi connectivity index (χ4n) is 2.26. The molecule has 0 unspecified atom stereocenters. The number of thiazole rings is 1. The van der Waals surface area contributed by atoms with E-state index in [0.29, 0.717) is 11.7 Å². The number of guanidine groups is 1. The van der Waals surface area contributed by atoms with Crippen molar-refractivity contribution >= 4 is 22.4 Å². The van der Waals surface area contributed by atoms with Crippen molar-refractivity contribution in [2.45, 2.75) is 6.54 Å². The van der Waals surface area contributed by atoms with Gasteiger partial charge in [0.2, 0.25) is 0 Å². The first kappa shape index (κ1) is 16.0. The van der Waals surface area contributed by atoms with E-state index in [-0.39, 0.29) is 5.96 Å². The molecule has 0 amide bonds. The molecule has 122 valence electrons. The molecule has 0 bridgehead atoms. The predicted molar refractivity (Wildman–Crippen MR) is 98.7 cm³/mol. The van der Waals surface area contributed by atoms with Gasteiger partial charge in [-0.1, -0.05) is 48.5 Å². The van der Waals surface area contributed by atoms with E-state index in [0.717, 1.165) is 22.6 Å². The van der Waals surface area contributed by atoms with Crippen LogP contribution in [0.1, 0.15) is 5.56 Å². The first-order chi connectivity index (χ1) is 11.8. The molecule has 0 atom stereocenters. The molecule has 0 saturated carbocycles. The molecule has 24 heavy (non-hydrogen) atoms. The maximum absolute atomic E-state index is 8.02. The molecule has 6 heteroatoms. The molecule has 0 aliphatic carbocycles. The summed E-state index contributed by atoms with van der Waals surface area (Å²) >= 11 is 1.47. The Morgan fingerprint density at radius 1 is 1.12 bits per heavy atom. The van der Waals surface area contributed by atoms with Gasteiger partial charge in [0.25, 0.3) is 0 Å². The summed E-state index contributed by atoms with van der Waals surface area (Å²) in [5.41, 5.74) is 2.96. The van der Waals surface area contributed by atoms with Gasteiger partial charge in [0.15, 0.2) is 11.1 Å². The molecule has 5 nitrogen and oxygen atoms in total. The normalized spacial score (nSPS) is 10.2. The number of ether oxygens (including phenoxy) is 1. The van der Waals surface area contributed by atoms with Crippen molar-refractivity contribution in [3.05, 3.63) is 65.5 Å². The van der Waals surface area contributed by atoms with Crippen LogP contribution >= 0.6 is 11.3 Å². The Bertz CT molecular complexity index is 817. The lowest BCUT2D eigenvalue weighted by atomic mass is 10.2. The summed E-state index contributed by atoms with van der Waals surface area (Å²) in [5.74, 6) is 1.01. The SMILES string of the molecule is COc1ccccc1CNC(=N)Nc1nc(-c2ccccc2)cs1. The number of rotatable bonds is 5. The minimum Gasteiger partial charge on any atom is -0.496 e. The average molecular weight is 338 g/mol. The highest BCUT2D eigenvalue weighted by atomic mass is 32.1. The summed E-state index contributed by atoms with van der Waals surface area (Å²) in [7, 11) is 1.64. The van der Waals surface area contributed by atoms with Crippen LogP contribution in [0.4, 0.5) is 5.13 Å². The number of aromatic nitrogens is 1. The number of nitrogens with zero attached hydrogens (tertiary/aromatic N) is 1. The molecule has 1 aromatic heterocycles. The van der Waals surface area contributed by atoms with Crippen LogP contribution < -0.4 is 15.4 Å². The van der Waals surface area contributed by atoms with Crippen LogP contribution in [0, 0.1) is 5.41 Å². The molecule has 0 radical (unpaired) electrons. The zero-order chi connectivity index (χ0) is 16.8. The Hall–Kier alpha value is -2.86. The number of anilines is 1. The Morgan fingerprint density at radius 2 is 1.88 bits per heavy atom. The van der Waals surface area contributed by atoms with Crippen LogP contribution in [0.15, 0.2) is 60.0 Å². The lowest BCUT2D eigenvalue weighted by molar-refractivity contribution is 0.409. The van der Waals surface area contributed by atoms with Crippen LogP contribution in [-0.4, -0.2) is 18.1 Å². The topological polar surface area (TPSA) is 70.0 Å². The van der Waals surface area contributed by atoms with Crippen molar-refractivity contribution in [2.24, 2.45) is 0 Å². The minimum atomic E-state index is 0.204. The molecule has 3 N–H and O–H groups in total. The summed E-state index contributed by atoms with van der Waals surface area (Å²) in [4.78, 5) is 4.51. The number of methoxy groups -OCH3 is 1. The van der Waals surface area contributed by atoms with Gasteiger partial charge >= 0.3 is 0 Å². The molecule has 0 fully saturated rings. The highest BCUT2D eigenvalue weighted by Crippen LogP contribution is 2.24. The van der Waals surface area contributed by atoms with E-state index in [1.807, 2.05) is 60.0 Å². The molecule has 1 heterocycles. The lowest BCUT2D eigenvalue weighted by Crippen LogP contribution is -2.29. The largest absolute Gasteiger partial charge is 0.496 e. The summed E-state index contributed by atoms with van der Waals surface area (Å²) in [6, 6.07) is 17.7. The Labute approximate surface area is 144 Å². The number of para-hydroxylation sites is 1. The molecule has 0 spiro atoms.